The van der Waals surface area contributed by atoms with E-state index in [0.717, 1.165) is 26.2 Å². The van der Waals surface area contributed by atoms with Crippen molar-refractivity contribution in [1.82, 2.24) is 10.2 Å². The number of nitrogens with one attached hydrogen (secondary N) is 1. The molecule has 0 spiro atoms. The molecular formula is C17H27N3O2. The molecule has 5 heteroatoms. The van der Waals surface area contributed by atoms with Crippen LogP contribution in [0.25, 0.3) is 0 Å². The fraction of sp³-hybridized carbons (Fsp3) is 0.588. The third-order valence-electron chi connectivity index (χ3n) is 4.31. The number of hydrogen-bond acceptors (Lipinski definition) is 4. The van der Waals surface area contributed by atoms with Crippen molar-refractivity contribution >= 4 is 11.6 Å². The van der Waals surface area contributed by atoms with E-state index in [1.54, 1.807) is 7.11 Å². The quantitative estimate of drug-likeness (QED) is 0.802. The molecule has 0 unspecified atom stereocenters. The van der Waals surface area contributed by atoms with E-state index < -0.39 is 0 Å². The largest absolute Gasteiger partial charge is 0.383 e. The molecule has 1 amide bonds. The third-order valence-corrected chi connectivity index (χ3v) is 4.31. The van der Waals surface area contributed by atoms with Gasteiger partial charge in [-0.3, -0.25) is 4.79 Å². The van der Waals surface area contributed by atoms with Crippen molar-refractivity contribution in [2.24, 2.45) is 0 Å². The molecule has 22 heavy (non-hydrogen) atoms. The number of aryl methyl sites for hydroxylation is 1. The lowest BCUT2D eigenvalue weighted by Crippen LogP contribution is -2.51. The number of carbonyl (C=O) groups is 1. The highest BCUT2D eigenvalue weighted by atomic mass is 16.5. The molecule has 1 aromatic rings. The molecule has 5 nitrogen and oxygen atoms in total. The van der Waals surface area contributed by atoms with Crippen LogP contribution in [0.15, 0.2) is 18.2 Å². The average Bonchev–Trinajstić information content (AvgIpc) is 2.54. The molecule has 0 aromatic heterocycles. The highest BCUT2D eigenvalue weighted by molar-refractivity contribution is 5.78. The van der Waals surface area contributed by atoms with Gasteiger partial charge < -0.3 is 19.9 Å². The van der Waals surface area contributed by atoms with Crippen molar-refractivity contribution in [1.29, 1.82) is 0 Å². The van der Waals surface area contributed by atoms with E-state index in [1.807, 2.05) is 4.90 Å². The zero-order chi connectivity index (χ0) is 15.9. The molecule has 1 saturated heterocycles. The summed E-state index contributed by atoms with van der Waals surface area (Å²) < 4.78 is 4.96. The molecule has 1 aliphatic heterocycles. The van der Waals surface area contributed by atoms with E-state index in [1.165, 1.54) is 16.8 Å². The average molecular weight is 305 g/mol. The van der Waals surface area contributed by atoms with Gasteiger partial charge in [0, 0.05) is 45.5 Å². The first-order valence-corrected chi connectivity index (χ1v) is 7.92. The lowest BCUT2D eigenvalue weighted by molar-refractivity contribution is -0.130. The Morgan fingerprint density at radius 1 is 1.23 bits per heavy atom. The molecule has 1 N–H and O–H groups in total. The predicted octanol–water partition coefficient (Wildman–Crippen LogP) is 1.19. The number of amides is 1. The number of carbonyl (C=O) groups excluding carboxylic acids is 1. The number of nitrogens with zero attached hydrogens (tertiary/aromatic N) is 2. The van der Waals surface area contributed by atoms with Crippen molar-refractivity contribution < 1.29 is 9.53 Å². The second-order valence-electron chi connectivity index (χ2n) is 5.76. The van der Waals surface area contributed by atoms with Crippen LogP contribution in [-0.2, 0) is 9.53 Å². The van der Waals surface area contributed by atoms with Crippen LogP contribution in [0.3, 0.4) is 0 Å². The van der Waals surface area contributed by atoms with E-state index in [0.29, 0.717) is 19.7 Å². The van der Waals surface area contributed by atoms with Crippen molar-refractivity contribution in [3.63, 3.8) is 0 Å². The monoisotopic (exact) mass is 305 g/mol. The Bertz CT molecular complexity index is 497. The normalized spacial score (nSPS) is 15.2. The predicted molar refractivity (Wildman–Crippen MR) is 89.5 cm³/mol. The number of rotatable bonds is 6. The first-order chi connectivity index (χ1) is 10.6. The van der Waals surface area contributed by atoms with Gasteiger partial charge in [0.15, 0.2) is 0 Å². The first kappa shape index (κ1) is 16.8. The number of ether oxygens (including phenoxy) is 1. The number of methoxy groups -OCH3 is 1. The second-order valence-corrected chi connectivity index (χ2v) is 5.76. The second kappa shape index (κ2) is 8.15. The van der Waals surface area contributed by atoms with Gasteiger partial charge in [-0.05, 0) is 31.0 Å². The maximum Gasteiger partial charge on any atom is 0.236 e. The van der Waals surface area contributed by atoms with Crippen molar-refractivity contribution in [2.45, 2.75) is 13.8 Å². The maximum absolute atomic E-state index is 12.1. The van der Waals surface area contributed by atoms with Crippen LogP contribution < -0.4 is 10.2 Å². The fourth-order valence-corrected chi connectivity index (χ4v) is 2.76. The molecule has 1 aromatic carbocycles. The van der Waals surface area contributed by atoms with E-state index >= 15 is 0 Å². The Kier molecular flexibility index (Phi) is 6.21. The van der Waals surface area contributed by atoms with Gasteiger partial charge in [-0.1, -0.05) is 12.1 Å². The Morgan fingerprint density at radius 3 is 2.64 bits per heavy atom. The molecule has 2 rings (SSSR count). The summed E-state index contributed by atoms with van der Waals surface area (Å²) in [6, 6.07) is 6.42. The Balaban J connectivity index is 1.82. The molecule has 0 saturated carbocycles. The number of hydrogen-bond donors (Lipinski definition) is 1. The molecule has 122 valence electrons. The van der Waals surface area contributed by atoms with E-state index in [2.05, 4.69) is 42.3 Å². The molecule has 1 heterocycles. The fourth-order valence-electron chi connectivity index (χ4n) is 2.76. The van der Waals surface area contributed by atoms with Gasteiger partial charge in [0.1, 0.15) is 0 Å². The minimum absolute atomic E-state index is 0.178. The summed E-state index contributed by atoms with van der Waals surface area (Å²) >= 11 is 0. The highest BCUT2D eigenvalue weighted by Crippen LogP contribution is 2.23. The summed E-state index contributed by atoms with van der Waals surface area (Å²) in [6.45, 7) is 9.43. The third kappa shape index (κ3) is 4.21. The van der Waals surface area contributed by atoms with Crippen LogP contribution in [0.2, 0.25) is 0 Å². The molecule has 0 bridgehead atoms. The lowest BCUT2D eigenvalue weighted by atomic mass is 10.1. The minimum Gasteiger partial charge on any atom is -0.383 e. The van der Waals surface area contributed by atoms with Crippen molar-refractivity contribution in [3.8, 4) is 0 Å². The SMILES string of the molecule is COCCNCC(=O)N1CCN(c2cccc(C)c2C)CC1. The van der Waals surface area contributed by atoms with Gasteiger partial charge in [0.05, 0.1) is 13.2 Å². The van der Waals surface area contributed by atoms with E-state index in [9.17, 15) is 4.79 Å². The summed E-state index contributed by atoms with van der Waals surface area (Å²) in [5.41, 5.74) is 3.95. The Morgan fingerprint density at radius 2 is 1.95 bits per heavy atom. The summed E-state index contributed by atoms with van der Waals surface area (Å²) in [5.74, 6) is 0.178. The number of piperazine rings is 1. The summed E-state index contributed by atoms with van der Waals surface area (Å²) in [7, 11) is 1.66. The smallest absolute Gasteiger partial charge is 0.236 e. The molecule has 0 atom stereocenters. The topological polar surface area (TPSA) is 44.8 Å². The summed E-state index contributed by atoms with van der Waals surface area (Å²) in [5, 5.41) is 3.11. The minimum atomic E-state index is 0.178. The molecule has 1 aliphatic rings. The van der Waals surface area contributed by atoms with Gasteiger partial charge in [-0.15, -0.1) is 0 Å². The van der Waals surface area contributed by atoms with Crippen LogP contribution in [0.5, 0.6) is 0 Å². The summed E-state index contributed by atoms with van der Waals surface area (Å²) in [4.78, 5) is 16.5. The highest BCUT2D eigenvalue weighted by Gasteiger charge is 2.21. The van der Waals surface area contributed by atoms with Crippen LogP contribution in [0, 0.1) is 13.8 Å². The zero-order valence-corrected chi connectivity index (χ0v) is 13.9. The number of anilines is 1. The molecule has 0 aliphatic carbocycles. The molecule has 1 fully saturated rings. The van der Waals surface area contributed by atoms with Crippen LogP contribution in [0.1, 0.15) is 11.1 Å². The van der Waals surface area contributed by atoms with Gasteiger partial charge >= 0.3 is 0 Å². The van der Waals surface area contributed by atoms with Crippen molar-refractivity contribution in [2.75, 3.05) is 57.9 Å². The van der Waals surface area contributed by atoms with Crippen molar-refractivity contribution in [3.05, 3.63) is 29.3 Å². The molecular weight excluding hydrogens is 278 g/mol. The van der Waals surface area contributed by atoms with Gasteiger partial charge in [0.2, 0.25) is 5.91 Å². The van der Waals surface area contributed by atoms with Gasteiger partial charge in [-0.2, -0.15) is 0 Å². The van der Waals surface area contributed by atoms with E-state index in [-0.39, 0.29) is 5.91 Å². The first-order valence-electron chi connectivity index (χ1n) is 7.92. The lowest BCUT2D eigenvalue weighted by Gasteiger charge is -2.37. The Labute approximate surface area is 133 Å². The maximum atomic E-state index is 12.1. The summed E-state index contributed by atoms with van der Waals surface area (Å²) in [6.07, 6.45) is 0. The van der Waals surface area contributed by atoms with E-state index in [4.69, 9.17) is 4.74 Å². The van der Waals surface area contributed by atoms with Crippen LogP contribution in [0.4, 0.5) is 5.69 Å². The van der Waals surface area contributed by atoms with Gasteiger partial charge in [0.25, 0.3) is 0 Å². The number of benzene rings is 1. The Hall–Kier alpha value is -1.59. The van der Waals surface area contributed by atoms with Crippen LogP contribution in [-0.4, -0.2) is 63.8 Å². The van der Waals surface area contributed by atoms with Gasteiger partial charge in [-0.25, -0.2) is 0 Å². The zero-order valence-electron chi connectivity index (χ0n) is 13.9. The molecule has 0 radical (unpaired) electrons. The standard InChI is InChI=1S/C17H27N3O2/c1-14-5-4-6-16(15(14)2)19-8-10-20(11-9-19)17(21)13-18-7-12-22-3/h4-6,18H,7-13H2,1-3H3. The van der Waals surface area contributed by atoms with Crippen LogP contribution >= 0.6 is 0 Å².